The number of phenols is 1. The molecule has 0 aromatic heterocycles. The van der Waals surface area contributed by atoms with Crippen LogP contribution in [0.3, 0.4) is 0 Å². The maximum absolute atomic E-state index is 12.6. The number of primary amides is 1. The predicted octanol–water partition coefficient (Wildman–Crippen LogP) is -1.04. The Morgan fingerprint density at radius 2 is 1.93 bits per heavy atom. The van der Waals surface area contributed by atoms with Crippen LogP contribution in [0, 0.1) is 0 Å². The number of likely N-dealkylation sites (tertiary alicyclic amines) is 1. The summed E-state index contributed by atoms with van der Waals surface area (Å²) < 4.78 is 10.3. The van der Waals surface area contributed by atoms with Gasteiger partial charge in [0.25, 0.3) is 5.91 Å². The summed E-state index contributed by atoms with van der Waals surface area (Å²) in [6, 6.07) is 3.68. The van der Waals surface area contributed by atoms with Gasteiger partial charge in [-0.05, 0) is 24.3 Å². The number of ether oxygens (including phenoxy) is 2. The van der Waals surface area contributed by atoms with Crippen molar-refractivity contribution in [3.63, 3.8) is 0 Å². The zero-order valence-corrected chi connectivity index (χ0v) is 14.8. The molecule has 3 atom stereocenters. The number of anilines is 1. The van der Waals surface area contributed by atoms with E-state index in [1.54, 1.807) is 0 Å². The van der Waals surface area contributed by atoms with E-state index in [0.717, 1.165) is 4.90 Å². The Morgan fingerprint density at radius 3 is 2.53 bits per heavy atom. The van der Waals surface area contributed by atoms with E-state index in [4.69, 9.17) is 10.5 Å². The van der Waals surface area contributed by atoms with Gasteiger partial charge in [-0.1, -0.05) is 0 Å². The van der Waals surface area contributed by atoms with E-state index in [1.165, 1.54) is 29.2 Å². The molecule has 1 aromatic rings. The van der Waals surface area contributed by atoms with Crippen LogP contribution in [-0.4, -0.2) is 105 Å². The van der Waals surface area contributed by atoms with Crippen LogP contribution in [0.2, 0.25) is 0 Å². The van der Waals surface area contributed by atoms with Crippen molar-refractivity contribution in [2.24, 2.45) is 5.73 Å². The molecule has 4 amide bonds. The number of carbonyl (C=O) groups is 4. The van der Waals surface area contributed by atoms with Gasteiger partial charge in [0, 0.05) is 5.69 Å². The summed E-state index contributed by atoms with van der Waals surface area (Å²) in [6.07, 6.45) is -1.81. The van der Waals surface area contributed by atoms with E-state index in [2.05, 4.69) is 10.1 Å². The second kappa shape index (κ2) is 8.05. The van der Waals surface area contributed by atoms with Crippen molar-refractivity contribution < 1.29 is 38.9 Å². The summed E-state index contributed by atoms with van der Waals surface area (Å²) in [5.41, 5.74) is 4.88. The van der Waals surface area contributed by atoms with Crippen molar-refractivity contribution in [2.75, 3.05) is 18.5 Å². The van der Waals surface area contributed by atoms with Crippen molar-refractivity contribution >= 4 is 59.2 Å². The third-order valence-corrected chi connectivity index (χ3v) is 4.93. The number of β-lactam (4-membered cyclic amide) rings is 1. The van der Waals surface area contributed by atoms with E-state index in [1.807, 2.05) is 0 Å². The molecule has 0 unspecified atom stereocenters. The number of hydrogen-bond donors (Lipinski definition) is 4. The fraction of sp³-hybridized carbons (Fsp3) is 0.294. The van der Waals surface area contributed by atoms with Crippen LogP contribution >= 0.6 is 0 Å². The van der Waals surface area contributed by atoms with Crippen LogP contribution in [0.4, 0.5) is 15.3 Å². The zero-order valence-electron chi connectivity index (χ0n) is 14.8. The first-order valence-corrected chi connectivity index (χ1v) is 8.53. The molecular weight excluding hydrogens is 411 g/mol. The normalized spacial score (nSPS) is 23.6. The van der Waals surface area contributed by atoms with Gasteiger partial charge >= 0.3 is 47.7 Å². The number of benzene rings is 1. The monoisotopic (exact) mass is 428 g/mol. The second-order valence-electron chi connectivity index (χ2n) is 6.61. The first kappa shape index (κ1) is 21.7. The van der Waals surface area contributed by atoms with Gasteiger partial charge in [0.1, 0.15) is 23.9 Å². The minimum absolute atomic E-state index is 0. The number of carbonyl (C=O) groups excluding carboxylic acids is 3. The van der Waals surface area contributed by atoms with Crippen molar-refractivity contribution in [3.8, 4) is 5.75 Å². The minimum atomic E-state index is -1.43. The summed E-state index contributed by atoms with van der Waals surface area (Å²) in [4.78, 5) is 50.1. The van der Waals surface area contributed by atoms with E-state index in [9.17, 15) is 29.4 Å². The molecule has 0 saturated carbocycles. The van der Waals surface area contributed by atoms with Gasteiger partial charge in [-0.25, -0.2) is 14.4 Å². The molecule has 3 heterocycles. The summed E-state index contributed by atoms with van der Waals surface area (Å²) in [5, 5.41) is 21.4. The number of aromatic hydroxyl groups is 1. The van der Waals surface area contributed by atoms with Crippen LogP contribution in [0.25, 0.3) is 0 Å². The summed E-state index contributed by atoms with van der Waals surface area (Å²) in [5.74, 6) is -2.18. The summed E-state index contributed by atoms with van der Waals surface area (Å²) >= 11 is 0. The number of nitrogens with one attached hydrogen (secondary N) is 1. The number of carboxylic acid groups (broad SMARTS) is 1. The maximum atomic E-state index is 12.6. The Morgan fingerprint density at radius 1 is 1.27 bits per heavy atom. The molecule has 3 aliphatic heterocycles. The molecule has 0 bridgehead atoms. The number of amides is 4. The Balaban J connectivity index is 0.00000256. The van der Waals surface area contributed by atoms with Gasteiger partial charge < -0.3 is 35.6 Å². The molecule has 12 nitrogen and oxygen atoms in total. The molecule has 154 valence electrons. The number of nitrogens with two attached hydrogens (primary N) is 1. The van der Waals surface area contributed by atoms with E-state index in [0.29, 0.717) is 5.69 Å². The van der Waals surface area contributed by atoms with Crippen molar-refractivity contribution in [3.05, 3.63) is 35.7 Å². The number of nitrogens with zero attached hydrogens (tertiary/aromatic N) is 2. The molecule has 30 heavy (non-hydrogen) atoms. The molecule has 13 heteroatoms. The Labute approximate surface area is 191 Å². The topological polar surface area (TPSA) is 172 Å². The molecule has 5 N–H and O–H groups in total. The third-order valence-electron chi connectivity index (χ3n) is 4.93. The number of hydrogen-bond acceptors (Lipinski definition) is 7. The summed E-state index contributed by atoms with van der Waals surface area (Å²) in [7, 11) is 0. The van der Waals surface area contributed by atoms with E-state index >= 15 is 0 Å². The van der Waals surface area contributed by atoms with Crippen molar-refractivity contribution in [2.45, 2.75) is 18.2 Å². The number of phenolic OH excluding ortho intramolecular Hbond substituents is 1. The number of carboxylic acids is 1. The average molecular weight is 428 g/mol. The van der Waals surface area contributed by atoms with Crippen molar-refractivity contribution in [1.29, 1.82) is 0 Å². The van der Waals surface area contributed by atoms with E-state index < -0.39 is 54.5 Å². The number of rotatable bonds is 4. The number of urea groups is 1. The molecule has 4 rings (SSSR count). The quantitative estimate of drug-likeness (QED) is 0.267. The van der Waals surface area contributed by atoms with Crippen LogP contribution in [0.15, 0.2) is 35.7 Å². The van der Waals surface area contributed by atoms with Gasteiger partial charge in [0.2, 0.25) is 0 Å². The molecule has 3 aliphatic rings. The molecule has 2 fully saturated rings. The third kappa shape index (κ3) is 3.53. The Hall–Kier alpha value is -2.96. The fourth-order valence-corrected chi connectivity index (χ4v) is 3.75. The van der Waals surface area contributed by atoms with Gasteiger partial charge in [0.05, 0.1) is 6.54 Å². The first-order chi connectivity index (χ1) is 13.8. The van der Waals surface area contributed by atoms with Crippen molar-refractivity contribution in [1.82, 2.24) is 9.80 Å². The predicted molar refractivity (Wildman–Crippen MR) is 100 cm³/mol. The summed E-state index contributed by atoms with van der Waals surface area (Å²) in [6.45, 7) is -0.525. The molecule has 0 radical (unpaired) electrons. The average Bonchev–Trinajstić information content (AvgIpc) is 3.03. The fourth-order valence-electron chi connectivity index (χ4n) is 3.75. The molecule has 2 saturated heterocycles. The van der Waals surface area contributed by atoms with Gasteiger partial charge in [0.15, 0.2) is 18.1 Å². The first-order valence-electron chi connectivity index (χ1n) is 8.53. The van der Waals surface area contributed by atoms with Crippen LogP contribution in [0.1, 0.15) is 0 Å². The molecular formula is C17H17N4NaO8. The standard InChI is InChI=1S/C17H16N4O8.Na.H/c18-16(26)28-6-10-12(15(24)25)21-11-9(29-10)5-20(13(11)14(21)23)17(27)19-7-1-3-8(22)4-2-7;;/h1-4,9,11,13,22H,5-6H2,(H2,18,26)(H,19,27)(H,24,25);;/t9-,11-,13+;;/m1../s1. The van der Waals surface area contributed by atoms with Crippen LogP contribution < -0.4 is 11.1 Å². The Bertz CT molecular complexity index is 950. The Kier molecular flexibility index (Phi) is 5.83. The SMILES string of the molecule is NC(=O)OCC1=C(C(=O)O)N2C(=O)[C@@H]3[C@H]2[C@@H](CN3C(=O)Nc2ccc(O)cc2)O1.[NaH]. The number of aliphatic carboxylic acids is 1. The molecule has 0 spiro atoms. The van der Waals surface area contributed by atoms with Crippen LogP contribution in [0.5, 0.6) is 5.75 Å². The second-order valence-corrected chi connectivity index (χ2v) is 6.61. The van der Waals surface area contributed by atoms with Gasteiger partial charge in [-0.15, -0.1) is 0 Å². The van der Waals surface area contributed by atoms with E-state index in [-0.39, 0.29) is 47.6 Å². The zero-order chi connectivity index (χ0) is 20.9. The molecule has 0 aliphatic carbocycles. The van der Waals surface area contributed by atoms with Gasteiger partial charge in [-0.3, -0.25) is 9.69 Å². The van der Waals surface area contributed by atoms with Crippen LogP contribution in [-0.2, 0) is 19.1 Å². The molecule has 1 aromatic carbocycles. The van der Waals surface area contributed by atoms with Gasteiger partial charge in [-0.2, -0.15) is 0 Å².